The minimum atomic E-state index is 0.721. The summed E-state index contributed by atoms with van der Waals surface area (Å²) in [5, 5.41) is 2.22. The van der Waals surface area contributed by atoms with Crippen molar-refractivity contribution < 1.29 is 0 Å². The zero-order valence-electron chi connectivity index (χ0n) is 11.5. The van der Waals surface area contributed by atoms with E-state index in [2.05, 4.69) is 9.97 Å². The van der Waals surface area contributed by atoms with E-state index in [9.17, 15) is 0 Å². The van der Waals surface area contributed by atoms with Crippen LogP contribution in [-0.4, -0.2) is 9.97 Å². The maximum absolute atomic E-state index is 5.98. The number of hydrogen-bond acceptors (Lipinski definition) is 3. The van der Waals surface area contributed by atoms with Crippen LogP contribution in [0, 0.1) is 0 Å². The summed E-state index contributed by atoms with van der Waals surface area (Å²) in [6.45, 7) is 0. The molecule has 0 atom stereocenters. The van der Waals surface area contributed by atoms with Crippen molar-refractivity contribution in [1.29, 1.82) is 0 Å². The van der Waals surface area contributed by atoms with Crippen molar-refractivity contribution in [2.24, 2.45) is 0 Å². The highest BCUT2D eigenvalue weighted by Gasteiger charge is 2.03. The largest absolute Gasteiger partial charge is 0.230 e. The van der Waals surface area contributed by atoms with Crippen LogP contribution in [0.3, 0.4) is 0 Å². The number of rotatable bonds is 4. The fraction of sp³-hybridized carbons (Fsp3) is 0.0588. The van der Waals surface area contributed by atoms with Gasteiger partial charge in [-0.1, -0.05) is 59.2 Å². The number of halogens is 2. The number of hydrogen-bond donors (Lipinski definition) is 0. The molecule has 0 saturated heterocycles. The van der Waals surface area contributed by atoms with Crippen LogP contribution in [0.2, 0.25) is 10.0 Å². The standard InChI is InChI=1S/C17H12Cl2N2S/c18-15-6-4-13(5-7-15)14-9-20-17(21-10-14)22-11-12-2-1-3-16(19)8-12/h1-10H,11H2. The molecule has 22 heavy (non-hydrogen) atoms. The minimum absolute atomic E-state index is 0.721. The predicted molar refractivity (Wildman–Crippen MR) is 93.5 cm³/mol. The normalized spacial score (nSPS) is 10.6. The second-order valence-corrected chi connectivity index (χ2v) is 6.50. The van der Waals surface area contributed by atoms with E-state index in [1.807, 2.05) is 60.9 Å². The van der Waals surface area contributed by atoms with Gasteiger partial charge in [0.05, 0.1) is 0 Å². The van der Waals surface area contributed by atoms with E-state index < -0.39 is 0 Å². The lowest BCUT2D eigenvalue weighted by atomic mass is 10.1. The van der Waals surface area contributed by atoms with Crippen LogP contribution in [0.15, 0.2) is 66.1 Å². The summed E-state index contributed by atoms with van der Waals surface area (Å²) in [4.78, 5) is 8.80. The zero-order valence-corrected chi connectivity index (χ0v) is 13.9. The Labute approximate surface area is 143 Å². The van der Waals surface area contributed by atoms with Crippen molar-refractivity contribution in [1.82, 2.24) is 9.97 Å². The fourth-order valence-corrected chi connectivity index (χ4v) is 3.03. The van der Waals surface area contributed by atoms with Crippen LogP contribution in [0.1, 0.15) is 5.56 Å². The average molecular weight is 347 g/mol. The molecule has 3 rings (SSSR count). The van der Waals surface area contributed by atoms with Gasteiger partial charge in [0, 0.05) is 33.8 Å². The van der Waals surface area contributed by atoms with E-state index >= 15 is 0 Å². The molecule has 0 aliphatic rings. The van der Waals surface area contributed by atoms with E-state index in [1.165, 1.54) is 0 Å². The molecule has 110 valence electrons. The van der Waals surface area contributed by atoms with Crippen LogP contribution in [0.4, 0.5) is 0 Å². The first-order valence-electron chi connectivity index (χ1n) is 6.66. The number of benzene rings is 2. The Morgan fingerprint density at radius 3 is 2.23 bits per heavy atom. The average Bonchev–Trinajstić information content (AvgIpc) is 2.54. The summed E-state index contributed by atoms with van der Waals surface area (Å²) in [5.74, 6) is 0.793. The van der Waals surface area contributed by atoms with Gasteiger partial charge >= 0.3 is 0 Å². The molecular formula is C17H12Cl2N2S. The molecule has 0 amide bonds. The molecule has 0 unspecified atom stereocenters. The molecule has 5 heteroatoms. The highest BCUT2D eigenvalue weighted by atomic mass is 35.5. The Morgan fingerprint density at radius 2 is 1.55 bits per heavy atom. The van der Waals surface area contributed by atoms with E-state index in [-0.39, 0.29) is 0 Å². The maximum atomic E-state index is 5.98. The van der Waals surface area contributed by atoms with Gasteiger partial charge in [-0.15, -0.1) is 0 Å². The quantitative estimate of drug-likeness (QED) is 0.444. The van der Waals surface area contributed by atoms with E-state index in [0.29, 0.717) is 0 Å². The summed E-state index contributed by atoms with van der Waals surface area (Å²) in [6.07, 6.45) is 3.66. The molecule has 0 bridgehead atoms. The fourth-order valence-electron chi connectivity index (χ4n) is 1.96. The molecule has 3 aromatic rings. The van der Waals surface area contributed by atoms with E-state index in [0.717, 1.165) is 37.6 Å². The number of thioether (sulfide) groups is 1. The monoisotopic (exact) mass is 346 g/mol. The first-order chi connectivity index (χ1) is 10.7. The van der Waals surface area contributed by atoms with Crippen molar-refractivity contribution in [3.8, 4) is 11.1 Å². The van der Waals surface area contributed by atoms with Crippen molar-refractivity contribution in [3.63, 3.8) is 0 Å². The summed E-state index contributed by atoms with van der Waals surface area (Å²) >= 11 is 13.5. The Kier molecular flexibility index (Phi) is 4.98. The van der Waals surface area contributed by atoms with Crippen LogP contribution >= 0.6 is 35.0 Å². The SMILES string of the molecule is Clc1ccc(-c2cnc(SCc3cccc(Cl)c3)nc2)cc1. The Hall–Kier alpha value is -1.55. The molecule has 2 nitrogen and oxygen atoms in total. The highest BCUT2D eigenvalue weighted by Crippen LogP contribution is 2.24. The molecular weight excluding hydrogens is 335 g/mol. The zero-order chi connectivity index (χ0) is 15.4. The lowest BCUT2D eigenvalue weighted by Gasteiger charge is -2.04. The van der Waals surface area contributed by atoms with E-state index in [4.69, 9.17) is 23.2 Å². The summed E-state index contributed by atoms with van der Waals surface area (Å²) in [7, 11) is 0. The van der Waals surface area contributed by atoms with Gasteiger partial charge in [0.1, 0.15) is 0 Å². The van der Waals surface area contributed by atoms with Gasteiger partial charge in [0.2, 0.25) is 0 Å². The molecule has 0 aliphatic heterocycles. The van der Waals surface area contributed by atoms with Crippen LogP contribution in [-0.2, 0) is 5.75 Å². The third kappa shape index (κ3) is 4.01. The molecule has 2 aromatic carbocycles. The second kappa shape index (κ2) is 7.14. The molecule has 0 fully saturated rings. The Balaban J connectivity index is 1.68. The topological polar surface area (TPSA) is 25.8 Å². The van der Waals surface area contributed by atoms with Gasteiger partial charge in [-0.3, -0.25) is 0 Å². The third-order valence-electron chi connectivity index (χ3n) is 3.06. The van der Waals surface area contributed by atoms with Gasteiger partial charge in [0.25, 0.3) is 0 Å². The van der Waals surface area contributed by atoms with Gasteiger partial charge in [-0.2, -0.15) is 0 Å². The van der Waals surface area contributed by atoms with Crippen molar-refractivity contribution in [2.45, 2.75) is 10.9 Å². The molecule has 0 aliphatic carbocycles. The number of aromatic nitrogens is 2. The smallest absolute Gasteiger partial charge is 0.187 e. The van der Waals surface area contributed by atoms with Crippen LogP contribution < -0.4 is 0 Å². The molecule has 0 saturated carbocycles. The van der Waals surface area contributed by atoms with Gasteiger partial charge in [0.15, 0.2) is 5.16 Å². The molecule has 0 radical (unpaired) electrons. The molecule has 1 heterocycles. The third-order valence-corrected chi connectivity index (χ3v) is 4.50. The maximum Gasteiger partial charge on any atom is 0.187 e. The van der Waals surface area contributed by atoms with Crippen molar-refractivity contribution >= 4 is 35.0 Å². The molecule has 1 aromatic heterocycles. The van der Waals surface area contributed by atoms with Crippen LogP contribution in [0.25, 0.3) is 11.1 Å². The van der Waals surface area contributed by atoms with Gasteiger partial charge in [-0.05, 0) is 35.4 Å². The number of nitrogens with zero attached hydrogens (tertiary/aromatic N) is 2. The minimum Gasteiger partial charge on any atom is -0.230 e. The summed E-state index contributed by atoms with van der Waals surface area (Å²) in [5.41, 5.74) is 3.18. The molecule has 0 N–H and O–H groups in total. The predicted octanol–water partition coefficient (Wildman–Crippen LogP) is 5.74. The summed E-state index contributed by atoms with van der Waals surface area (Å²) in [6, 6.07) is 15.4. The van der Waals surface area contributed by atoms with E-state index in [1.54, 1.807) is 11.8 Å². The van der Waals surface area contributed by atoms with Crippen molar-refractivity contribution in [2.75, 3.05) is 0 Å². The lowest BCUT2D eigenvalue weighted by molar-refractivity contribution is 0.969. The highest BCUT2D eigenvalue weighted by molar-refractivity contribution is 7.98. The second-order valence-electron chi connectivity index (χ2n) is 4.68. The van der Waals surface area contributed by atoms with Gasteiger partial charge in [-0.25, -0.2) is 9.97 Å². The van der Waals surface area contributed by atoms with Gasteiger partial charge < -0.3 is 0 Å². The summed E-state index contributed by atoms with van der Waals surface area (Å²) < 4.78 is 0. The Bertz CT molecular complexity index is 758. The first kappa shape index (κ1) is 15.3. The molecule has 0 spiro atoms. The van der Waals surface area contributed by atoms with Crippen LogP contribution in [0.5, 0.6) is 0 Å². The lowest BCUT2D eigenvalue weighted by Crippen LogP contribution is -1.89. The van der Waals surface area contributed by atoms with Crippen molar-refractivity contribution in [3.05, 3.63) is 76.5 Å². The Morgan fingerprint density at radius 1 is 0.818 bits per heavy atom. The first-order valence-corrected chi connectivity index (χ1v) is 8.40.